The van der Waals surface area contributed by atoms with Crippen LogP contribution in [-0.4, -0.2) is 12.6 Å². The molecule has 0 aromatic rings. The third kappa shape index (κ3) is 3.97. The van der Waals surface area contributed by atoms with Crippen LogP contribution in [0.2, 0.25) is 0 Å². The lowest BCUT2D eigenvalue weighted by atomic mass is 9.90. The first-order chi connectivity index (χ1) is 4.34. The van der Waals surface area contributed by atoms with E-state index in [-0.39, 0.29) is 24.8 Å². The van der Waals surface area contributed by atoms with Gasteiger partial charge in [0.15, 0.2) is 0 Å². The van der Waals surface area contributed by atoms with Crippen molar-refractivity contribution in [1.82, 2.24) is 0 Å². The average molecular weight is 199 g/mol. The van der Waals surface area contributed by atoms with Gasteiger partial charge in [0.05, 0.1) is 0 Å². The highest BCUT2D eigenvalue weighted by atomic mass is 35.5. The fraction of sp³-hybridized carbons (Fsp3) is 0.714. The number of halogens is 2. The SMILES string of the molecule is Cl.Cl.NC[C@H]1CC=CC[C@H]1N. The molecule has 11 heavy (non-hydrogen) atoms. The number of hydrogen-bond acceptors (Lipinski definition) is 2. The number of hydrogen-bond donors (Lipinski definition) is 2. The van der Waals surface area contributed by atoms with Gasteiger partial charge in [0.1, 0.15) is 0 Å². The predicted octanol–water partition coefficient (Wildman–Crippen LogP) is 1.08. The number of nitrogens with two attached hydrogens (primary N) is 2. The summed E-state index contributed by atoms with van der Waals surface area (Å²) < 4.78 is 0. The summed E-state index contributed by atoms with van der Waals surface area (Å²) in [6.45, 7) is 0.728. The molecule has 0 radical (unpaired) electrons. The second-order valence-corrected chi connectivity index (χ2v) is 2.60. The Labute approximate surface area is 80.2 Å². The lowest BCUT2D eigenvalue weighted by Gasteiger charge is -2.22. The first-order valence-corrected chi connectivity index (χ1v) is 3.45. The molecular weight excluding hydrogens is 183 g/mol. The van der Waals surface area contributed by atoms with E-state index in [1.807, 2.05) is 0 Å². The molecule has 0 aliphatic heterocycles. The fourth-order valence-electron chi connectivity index (χ4n) is 1.16. The Morgan fingerprint density at radius 3 is 2.09 bits per heavy atom. The van der Waals surface area contributed by atoms with Gasteiger partial charge >= 0.3 is 0 Å². The number of rotatable bonds is 1. The molecule has 1 aliphatic rings. The summed E-state index contributed by atoms with van der Waals surface area (Å²) in [6.07, 6.45) is 6.37. The maximum atomic E-state index is 5.76. The summed E-state index contributed by atoms with van der Waals surface area (Å²) in [5.74, 6) is 0.523. The van der Waals surface area contributed by atoms with Gasteiger partial charge in [-0.3, -0.25) is 0 Å². The molecule has 2 atom stereocenters. The second kappa shape index (κ2) is 6.92. The zero-order valence-electron chi connectivity index (χ0n) is 6.40. The van der Waals surface area contributed by atoms with Crippen LogP contribution < -0.4 is 11.5 Å². The minimum absolute atomic E-state index is 0. The van der Waals surface area contributed by atoms with Gasteiger partial charge in [-0.15, -0.1) is 24.8 Å². The zero-order valence-corrected chi connectivity index (χ0v) is 8.03. The minimum Gasteiger partial charge on any atom is -0.330 e. The van der Waals surface area contributed by atoms with Crippen LogP contribution in [0.5, 0.6) is 0 Å². The van der Waals surface area contributed by atoms with Crippen LogP contribution in [0.1, 0.15) is 12.8 Å². The average Bonchev–Trinajstić information content (AvgIpc) is 1.89. The minimum atomic E-state index is 0. The van der Waals surface area contributed by atoms with Crippen molar-refractivity contribution in [2.24, 2.45) is 17.4 Å². The normalized spacial score (nSPS) is 28.5. The smallest absolute Gasteiger partial charge is 0.0117 e. The maximum Gasteiger partial charge on any atom is 0.0117 e. The molecule has 0 fully saturated rings. The molecule has 1 rings (SSSR count). The van der Waals surface area contributed by atoms with Crippen LogP contribution in [0.25, 0.3) is 0 Å². The number of allylic oxidation sites excluding steroid dienone is 1. The zero-order chi connectivity index (χ0) is 6.69. The van der Waals surface area contributed by atoms with E-state index in [2.05, 4.69) is 12.2 Å². The van der Waals surface area contributed by atoms with Crippen molar-refractivity contribution in [3.05, 3.63) is 12.2 Å². The molecule has 0 aromatic carbocycles. The molecule has 1 aliphatic carbocycles. The van der Waals surface area contributed by atoms with Gasteiger partial charge in [-0.25, -0.2) is 0 Å². The van der Waals surface area contributed by atoms with Crippen LogP contribution in [0.3, 0.4) is 0 Å². The molecule has 0 aromatic heterocycles. The third-order valence-electron chi connectivity index (χ3n) is 1.92. The lowest BCUT2D eigenvalue weighted by Crippen LogP contribution is -2.35. The van der Waals surface area contributed by atoms with Gasteiger partial charge in [0, 0.05) is 6.04 Å². The van der Waals surface area contributed by atoms with Crippen LogP contribution >= 0.6 is 24.8 Å². The van der Waals surface area contributed by atoms with Crippen molar-refractivity contribution in [2.75, 3.05) is 6.54 Å². The van der Waals surface area contributed by atoms with Crippen LogP contribution in [0, 0.1) is 5.92 Å². The van der Waals surface area contributed by atoms with Crippen LogP contribution in [0.4, 0.5) is 0 Å². The molecule has 0 unspecified atom stereocenters. The van der Waals surface area contributed by atoms with Gasteiger partial charge in [0.25, 0.3) is 0 Å². The first-order valence-electron chi connectivity index (χ1n) is 3.45. The van der Waals surface area contributed by atoms with Gasteiger partial charge in [-0.2, -0.15) is 0 Å². The lowest BCUT2D eigenvalue weighted by molar-refractivity contribution is 0.420. The highest BCUT2D eigenvalue weighted by Gasteiger charge is 2.15. The van der Waals surface area contributed by atoms with E-state index in [0.29, 0.717) is 12.0 Å². The largest absolute Gasteiger partial charge is 0.330 e. The van der Waals surface area contributed by atoms with Crippen molar-refractivity contribution in [1.29, 1.82) is 0 Å². The summed E-state index contributed by atoms with van der Waals surface area (Å²) >= 11 is 0. The summed E-state index contributed by atoms with van der Waals surface area (Å²) in [7, 11) is 0. The van der Waals surface area contributed by atoms with Crippen molar-refractivity contribution in [2.45, 2.75) is 18.9 Å². The van der Waals surface area contributed by atoms with Crippen molar-refractivity contribution in [3.63, 3.8) is 0 Å². The van der Waals surface area contributed by atoms with E-state index in [9.17, 15) is 0 Å². The molecule has 0 spiro atoms. The maximum absolute atomic E-state index is 5.76. The molecule has 0 saturated carbocycles. The summed E-state index contributed by atoms with van der Waals surface area (Å²) in [5.41, 5.74) is 11.2. The Balaban J connectivity index is 0. The van der Waals surface area contributed by atoms with Crippen LogP contribution in [-0.2, 0) is 0 Å². The van der Waals surface area contributed by atoms with Crippen molar-refractivity contribution in [3.8, 4) is 0 Å². The molecule has 0 saturated heterocycles. The molecule has 4 N–H and O–H groups in total. The molecule has 4 heteroatoms. The van der Waals surface area contributed by atoms with E-state index in [0.717, 1.165) is 19.4 Å². The summed E-state index contributed by atoms with van der Waals surface area (Å²) in [5, 5.41) is 0. The second-order valence-electron chi connectivity index (χ2n) is 2.60. The van der Waals surface area contributed by atoms with E-state index >= 15 is 0 Å². The molecule has 2 nitrogen and oxygen atoms in total. The standard InChI is InChI=1S/C7H14N2.2ClH/c8-5-6-3-1-2-4-7(6)9;;/h1-2,6-7H,3-5,8-9H2;2*1H/t6-,7-;;/m1../s1. The Bertz CT molecular complexity index is 117. The predicted molar refractivity (Wildman–Crippen MR) is 53.4 cm³/mol. The quantitative estimate of drug-likeness (QED) is 0.621. The molecule has 0 bridgehead atoms. The van der Waals surface area contributed by atoms with Crippen molar-refractivity contribution < 1.29 is 0 Å². The first kappa shape index (κ1) is 13.8. The molecule has 0 amide bonds. The van der Waals surface area contributed by atoms with E-state index in [1.165, 1.54) is 0 Å². The van der Waals surface area contributed by atoms with Gasteiger partial charge in [-0.05, 0) is 25.3 Å². The summed E-state index contributed by atoms with van der Waals surface area (Å²) in [6, 6.07) is 0.306. The topological polar surface area (TPSA) is 52.0 Å². The van der Waals surface area contributed by atoms with Gasteiger partial charge in [-0.1, -0.05) is 12.2 Å². The van der Waals surface area contributed by atoms with E-state index in [4.69, 9.17) is 11.5 Å². The summed E-state index contributed by atoms with van der Waals surface area (Å²) in [4.78, 5) is 0. The van der Waals surface area contributed by atoms with Crippen molar-refractivity contribution >= 4 is 24.8 Å². The third-order valence-corrected chi connectivity index (χ3v) is 1.92. The Morgan fingerprint density at radius 2 is 1.73 bits per heavy atom. The molecule has 68 valence electrons. The Hall–Kier alpha value is 0.240. The van der Waals surface area contributed by atoms with Gasteiger partial charge < -0.3 is 11.5 Å². The van der Waals surface area contributed by atoms with Gasteiger partial charge in [0.2, 0.25) is 0 Å². The Kier molecular flexibility index (Phi) is 8.68. The Morgan fingerprint density at radius 1 is 1.18 bits per heavy atom. The fourth-order valence-corrected chi connectivity index (χ4v) is 1.16. The highest BCUT2D eigenvalue weighted by molar-refractivity contribution is 5.85. The molecular formula is C7H16Cl2N2. The van der Waals surface area contributed by atoms with Crippen LogP contribution in [0.15, 0.2) is 12.2 Å². The van der Waals surface area contributed by atoms with E-state index in [1.54, 1.807) is 0 Å². The molecule has 0 heterocycles. The van der Waals surface area contributed by atoms with E-state index < -0.39 is 0 Å². The monoisotopic (exact) mass is 198 g/mol. The highest BCUT2D eigenvalue weighted by Crippen LogP contribution is 2.15.